The summed E-state index contributed by atoms with van der Waals surface area (Å²) >= 11 is 0. The van der Waals surface area contributed by atoms with Gasteiger partial charge in [0.25, 0.3) is 0 Å². The maximum absolute atomic E-state index is 5.31. The SMILES string of the molecule is COc1cccc2nc(C(C)(C)C)ccc12. The molecule has 0 amide bonds. The number of hydrogen-bond acceptors (Lipinski definition) is 2. The molecule has 2 rings (SSSR count). The van der Waals surface area contributed by atoms with E-state index in [1.54, 1.807) is 7.11 Å². The van der Waals surface area contributed by atoms with Crippen molar-refractivity contribution in [3.8, 4) is 5.75 Å². The molecule has 0 saturated carbocycles. The molecule has 0 aliphatic heterocycles. The number of pyridine rings is 1. The minimum Gasteiger partial charge on any atom is -0.496 e. The summed E-state index contributed by atoms with van der Waals surface area (Å²) in [4.78, 5) is 4.68. The van der Waals surface area contributed by atoms with E-state index >= 15 is 0 Å². The Labute approximate surface area is 96.3 Å². The molecule has 0 spiro atoms. The second-order valence-electron chi connectivity index (χ2n) is 4.97. The van der Waals surface area contributed by atoms with Crippen molar-refractivity contribution in [3.05, 3.63) is 36.0 Å². The fraction of sp³-hybridized carbons (Fsp3) is 0.357. The Hall–Kier alpha value is -1.57. The Morgan fingerprint density at radius 3 is 2.44 bits per heavy atom. The lowest BCUT2D eigenvalue weighted by Gasteiger charge is -2.18. The van der Waals surface area contributed by atoms with Crippen molar-refractivity contribution in [1.29, 1.82) is 0 Å². The van der Waals surface area contributed by atoms with Gasteiger partial charge < -0.3 is 4.74 Å². The Bertz CT molecular complexity index is 512. The molecule has 0 radical (unpaired) electrons. The van der Waals surface area contributed by atoms with Gasteiger partial charge in [0.1, 0.15) is 5.75 Å². The minimum absolute atomic E-state index is 0.0806. The van der Waals surface area contributed by atoms with Crippen LogP contribution in [0, 0.1) is 0 Å². The average molecular weight is 215 g/mol. The van der Waals surface area contributed by atoms with Gasteiger partial charge in [0.05, 0.1) is 12.6 Å². The summed E-state index contributed by atoms with van der Waals surface area (Å²) < 4.78 is 5.31. The molecule has 0 N–H and O–H groups in total. The highest BCUT2D eigenvalue weighted by atomic mass is 16.5. The molecule has 1 heterocycles. The predicted octanol–water partition coefficient (Wildman–Crippen LogP) is 3.54. The molecule has 0 fully saturated rings. The van der Waals surface area contributed by atoms with Crippen molar-refractivity contribution in [2.24, 2.45) is 0 Å². The molecule has 16 heavy (non-hydrogen) atoms. The molecular formula is C14H17NO. The first kappa shape index (κ1) is 10.9. The minimum atomic E-state index is 0.0806. The lowest BCUT2D eigenvalue weighted by Crippen LogP contribution is -2.13. The van der Waals surface area contributed by atoms with Crippen LogP contribution in [0.5, 0.6) is 5.75 Å². The molecule has 0 aliphatic carbocycles. The van der Waals surface area contributed by atoms with Gasteiger partial charge >= 0.3 is 0 Å². The van der Waals surface area contributed by atoms with Gasteiger partial charge in [0, 0.05) is 16.5 Å². The van der Waals surface area contributed by atoms with Crippen molar-refractivity contribution < 1.29 is 4.74 Å². The van der Waals surface area contributed by atoms with Crippen LogP contribution in [0.3, 0.4) is 0 Å². The van der Waals surface area contributed by atoms with E-state index in [1.807, 2.05) is 18.2 Å². The van der Waals surface area contributed by atoms with Crippen molar-refractivity contribution in [1.82, 2.24) is 4.98 Å². The van der Waals surface area contributed by atoms with Gasteiger partial charge in [-0.15, -0.1) is 0 Å². The normalized spacial score (nSPS) is 11.8. The summed E-state index contributed by atoms with van der Waals surface area (Å²) in [6, 6.07) is 10.1. The molecule has 0 bridgehead atoms. The fourth-order valence-corrected chi connectivity index (χ4v) is 1.72. The number of rotatable bonds is 1. The Balaban J connectivity index is 2.64. The molecule has 0 atom stereocenters. The first-order valence-corrected chi connectivity index (χ1v) is 5.46. The summed E-state index contributed by atoms with van der Waals surface area (Å²) in [5, 5.41) is 1.07. The van der Waals surface area contributed by atoms with Crippen molar-refractivity contribution in [2.75, 3.05) is 7.11 Å². The molecule has 0 saturated heterocycles. The Morgan fingerprint density at radius 1 is 1.06 bits per heavy atom. The lowest BCUT2D eigenvalue weighted by atomic mass is 9.91. The molecule has 2 nitrogen and oxygen atoms in total. The van der Waals surface area contributed by atoms with Crippen LogP contribution in [0.4, 0.5) is 0 Å². The van der Waals surface area contributed by atoms with E-state index < -0.39 is 0 Å². The van der Waals surface area contributed by atoms with Crippen LogP contribution in [0.1, 0.15) is 26.5 Å². The molecule has 1 aromatic carbocycles. The number of hydrogen-bond donors (Lipinski definition) is 0. The van der Waals surface area contributed by atoms with Gasteiger partial charge in [-0.2, -0.15) is 0 Å². The maximum Gasteiger partial charge on any atom is 0.128 e. The highest BCUT2D eigenvalue weighted by molar-refractivity contribution is 5.85. The zero-order valence-electron chi connectivity index (χ0n) is 10.2. The van der Waals surface area contributed by atoms with Gasteiger partial charge in [-0.25, -0.2) is 0 Å². The van der Waals surface area contributed by atoms with Gasteiger partial charge in [-0.05, 0) is 24.3 Å². The standard InChI is InChI=1S/C14H17NO/c1-14(2,3)13-9-8-10-11(15-13)6-5-7-12(10)16-4/h5-9H,1-4H3. The topological polar surface area (TPSA) is 22.1 Å². The van der Waals surface area contributed by atoms with Crippen molar-refractivity contribution >= 4 is 10.9 Å². The summed E-state index contributed by atoms with van der Waals surface area (Å²) in [5.41, 5.74) is 2.18. The second kappa shape index (κ2) is 3.78. The number of methoxy groups -OCH3 is 1. The molecule has 84 valence electrons. The molecule has 1 aromatic heterocycles. The quantitative estimate of drug-likeness (QED) is 0.726. The van der Waals surface area contributed by atoms with E-state index in [0.29, 0.717) is 0 Å². The monoisotopic (exact) mass is 215 g/mol. The van der Waals surface area contributed by atoms with Crippen molar-refractivity contribution in [2.45, 2.75) is 26.2 Å². The van der Waals surface area contributed by atoms with E-state index in [9.17, 15) is 0 Å². The van der Waals surface area contributed by atoms with Gasteiger partial charge in [-0.1, -0.05) is 26.8 Å². The van der Waals surface area contributed by atoms with Gasteiger partial charge in [-0.3, -0.25) is 4.98 Å². The number of nitrogens with zero attached hydrogens (tertiary/aromatic N) is 1. The van der Waals surface area contributed by atoms with Crippen LogP contribution in [0.15, 0.2) is 30.3 Å². The third kappa shape index (κ3) is 1.87. The van der Waals surface area contributed by atoms with E-state index in [2.05, 4.69) is 37.9 Å². The first-order chi connectivity index (χ1) is 7.52. The largest absolute Gasteiger partial charge is 0.496 e. The fourth-order valence-electron chi connectivity index (χ4n) is 1.72. The van der Waals surface area contributed by atoms with E-state index in [1.165, 1.54) is 0 Å². The van der Waals surface area contributed by atoms with Crippen LogP contribution < -0.4 is 4.74 Å². The first-order valence-electron chi connectivity index (χ1n) is 5.46. The maximum atomic E-state index is 5.31. The lowest BCUT2D eigenvalue weighted by molar-refractivity contribution is 0.419. The van der Waals surface area contributed by atoms with Crippen LogP contribution in [-0.2, 0) is 5.41 Å². The number of benzene rings is 1. The van der Waals surface area contributed by atoms with Gasteiger partial charge in [0.2, 0.25) is 0 Å². The summed E-state index contributed by atoms with van der Waals surface area (Å²) in [7, 11) is 1.69. The average Bonchev–Trinajstić information content (AvgIpc) is 2.26. The van der Waals surface area contributed by atoms with Crippen LogP contribution >= 0.6 is 0 Å². The summed E-state index contributed by atoms with van der Waals surface area (Å²) in [6.07, 6.45) is 0. The Kier molecular flexibility index (Phi) is 2.58. The second-order valence-corrected chi connectivity index (χ2v) is 4.97. The summed E-state index contributed by atoms with van der Waals surface area (Å²) in [6.45, 7) is 6.50. The number of ether oxygens (including phenoxy) is 1. The number of aromatic nitrogens is 1. The predicted molar refractivity (Wildman–Crippen MR) is 67.0 cm³/mol. The third-order valence-corrected chi connectivity index (χ3v) is 2.68. The van der Waals surface area contributed by atoms with E-state index in [4.69, 9.17) is 4.74 Å². The number of fused-ring (bicyclic) bond motifs is 1. The molecular weight excluding hydrogens is 198 g/mol. The molecule has 0 unspecified atom stereocenters. The molecule has 2 heteroatoms. The third-order valence-electron chi connectivity index (χ3n) is 2.68. The van der Waals surface area contributed by atoms with Crippen LogP contribution in [0.2, 0.25) is 0 Å². The highest BCUT2D eigenvalue weighted by Gasteiger charge is 2.15. The smallest absolute Gasteiger partial charge is 0.128 e. The van der Waals surface area contributed by atoms with E-state index in [0.717, 1.165) is 22.3 Å². The molecule has 0 aliphatic rings. The highest BCUT2D eigenvalue weighted by Crippen LogP contribution is 2.27. The Morgan fingerprint density at radius 2 is 1.81 bits per heavy atom. The zero-order chi connectivity index (χ0) is 11.8. The van der Waals surface area contributed by atoms with Gasteiger partial charge in [0.15, 0.2) is 0 Å². The summed E-state index contributed by atoms with van der Waals surface area (Å²) in [5.74, 6) is 0.880. The zero-order valence-corrected chi connectivity index (χ0v) is 10.2. The van der Waals surface area contributed by atoms with Crippen LogP contribution in [-0.4, -0.2) is 12.1 Å². The van der Waals surface area contributed by atoms with Crippen LogP contribution in [0.25, 0.3) is 10.9 Å². The molecule has 2 aromatic rings. The van der Waals surface area contributed by atoms with E-state index in [-0.39, 0.29) is 5.41 Å². The van der Waals surface area contributed by atoms with Crippen molar-refractivity contribution in [3.63, 3.8) is 0 Å².